The summed E-state index contributed by atoms with van der Waals surface area (Å²) >= 11 is 0. The number of ether oxygens (including phenoxy) is 2. The first kappa shape index (κ1) is 28.4. The van der Waals surface area contributed by atoms with Crippen molar-refractivity contribution >= 4 is 41.6 Å². The average molecular weight is 542 g/mol. The van der Waals surface area contributed by atoms with E-state index < -0.39 is 78.9 Å². The van der Waals surface area contributed by atoms with Crippen molar-refractivity contribution in [1.82, 2.24) is 0 Å². The fourth-order valence-electron chi connectivity index (χ4n) is 2.28. The zero-order valence-corrected chi connectivity index (χ0v) is 18.4. The summed E-state index contributed by atoms with van der Waals surface area (Å²) in [4.78, 5) is 0. The second-order valence-electron chi connectivity index (χ2n) is 5.59. The Morgan fingerprint density at radius 2 is 1.16 bits per heavy atom. The second kappa shape index (κ2) is 10.6. The Labute approximate surface area is 177 Å². The van der Waals surface area contributed by atoms with E-state index in [1.165, 1.54) is 0 Å². The van der Waals surface area contributed by atoms with Gasteiger partial charge in [-0.2, -0.15) is 33.7 Å². The predicted molar refractivity (Wildman–Crippen MR) is 91.7 cm³/mol. The molecule has 0 aromatic rings. The highest BCUT2D eigenvalue weighted by molar-refractivity contribution is 7.81. The molecule has 0 bridgehead atoms. The molecule has 5 atom stereocenters. The molecule has 0 unspecified atom stereocenters. The topological polar surface area (TPSA) is 273 Å². The average Bonchev–Trinajstić information content (AvgIpc) is 2.51. The van der Waals surface area contributed by atoms with E-state index in [-0.39, 0.29) is 13.0 Å². The first-order valence-corrected chi connectivity index (χ1v) is 13.1. The maximum atomic E-state index is 11.2. The van der Waals surface area contributed by atoms with Crippen LogP contribution in [0.1, 0.15) is 13.3 Å². The van der Waals surface area contributed by atoms with E-state index in [9.17, 15) is 33.7 Å². The number of hydrogen-bond donors (Lipinski definition) is 4. The van der Waals surface area contributed by atoms with Crippen LogP contribution >= 0.6 is 0 Å². The van der Waals surface area contributed by atoms with Crippen LogP contribution in [0, 0.1) is 0 Å². The summed E-state index contributed by atoms with van der Waals surface area (Å²) in [5.41, 5.74) is 0. The van der Waals surface area contributed by atoms with Crippen molar-refractivity contribution in [2.45, 2.75) is 44.1 Å². The standard InChI is InChI=1S/C9H18O18S4/c1-2-3-22-9-8(27-31(19,20)21)7(26-30(16,17)18)6(25-29(13,14)15)5(24-9)4-23-28(10,11)12/h5-9H,2-4H2,1H3,(H,10,11,12)(H,13,14,15)(H,16,17,18)(H,19,20,21)/t5-,6-,7+,8+,9+/m1/s1. The van der Waals surface area contributed by atoms with Crippen molar-refractivity contribution in [3.8, 4) is 0 Å². The van der Waals surface area contributed by atoms with Crippen LogP contribution in [0.3, 0.4) is 0 Å². The van der Waals surface area contributed by atoms with Gasteiger partial charge in [-0.1, -0.05) is 6.92 Å². The molecule has 0 spiro atoms. The lowest BCUT2D eigenvalue weighted by atomic mass is 9.99. The van der Waals surface area contributed by atoms with Gasteiger partial charge in [0.25, 0.3) is 0 Å². The Balaban J connectivity index is 3.54. The Morgan fingerprint density at radius 3 is 1.58 bits per heavy atom. The van der Waals surface area contributed by atoms with Gasteiger partial charge in [0.15, 0.2) is 12.4 Å². The highest BCUT2D eigenvalue weighted by atomic mass is 32.3. The first-order valence-electron chi connectivity index (χ1n) is 7.67. The molecule has 0 saturated carbocycles. The van der Waals surface area contributed by atoms with Gasteiger partial charge >= 0.3 is 41.6 Å². The summed E-state index contributed by atoms with van der Waals surface area (Å²) in [5, 5.41) is 0. The highest BCUT2D eigenvalue weighted by Gasteiger charge is 2.54. The molecule has 1 aliphatic rings. The van der Waals surface area contributed by atoms with Gasteiger partial charge in [0.05, 0.1) is 6.61 Å². The minimum absolute atomic E-state index is 0.236. The molecule has 31 heavy (non-hydrogen) atoms. The molecule has 0 amide bonds. The van der Waals surface area contributed by atoms with Crippen LogP contribution in [-0.4, -0.2) is 95.8 Å². The number of rotatable bonds is 12. The molecule has 0 radical (unpaired) electrons. The smallest absolute Gasteiger partial charge is 0.350 e. The monoisotopic (exact) mass is 542 g/mol. The maximum absolute atomic E-state index is 11.2. The fraction of sp³-hybridized carbons (Fsp3) is 1.00. The lowest BCUT2D eigenvalue weighted by molar-refractivity contribution is -0.286. The zero-order chi connectivity index (χ0) is 24.3. The second-order valence-corrected chi connectivity index (χ2v) is 9.83. The number of hydrogen-bond acceptors (Lipinski definition) is 14. The molecule has 1 aliphatic heterocycles. The predicted octanol–water partition coefficient (Wildman–Crippen LogP) is -2.48. The quantitative estimate of drug-likeness (QED) is 0.186. The van der Waals surface area contributed by atoms with Crippen LogP contribution in [0.2, 0.25) is 0 Å². The van der Waals surface area contributed by atoms with Crippen LogP contribution in [0.25, 0.3) is 0 Å². The molecular weight excluding hydrogens is 524 g/mol. The van der Waals surface area contributed by atoms with Crippen molar-refractivity contribution in [2.24, 2.45) is 0 Å². The largest absolute Gasteiger partial charge is 0.397 e. The van der Waals surface area contributed by atoms with Gasteiger partial charge in [0, 0.05) is 6.61 Å². The van der Waals surface area contributed by atoms with Crippen molar-refractivity contribution in [2.75, 3.05) is 13.2 Å². The summed E-state index contributed by atoms with van der Waals surface area (Å²) in [6.07, 6.45) is -11.4. The molecule has 1 rings (SSSR count). The van der Waals surface area contributed by atoms with Crippen LogP contribution in [-0.2, 0) is 67.8 Å². The van der Waals surface area contributed by atoms with Gasteiger partial charge in [-0.15, -0.1) is 0 Å². The van der Waals surface area contributed by atoms with Crippen molar-refractivity contribution in [1.29, 1.82) is 0 Å². The highest BCUT2D eigenvalue weighted by Crippen LogP contribution is 2.32. The van der Waals surface area contributed by atoms with Gasteiger partial charge in [-0.05, 0) is 6.42 Å². The molecular formula is C9H18O18S4. The van der Waals surface area contributed by atoms with E-state index >= 15 is 0 Å². The molecule has 0 aromatic heterocycles. The van der Waals surface area contributed by atoms with Crippen molar-refractivity contribution in [3.05, 3.63) is 0 Å². The van der Waals surface area contributed by atoms with Crippen LogP contribution in [0.15, 0.2) is 0 Å². The molecule has 0 aromatic carbocycles. The Bertz CT molecular complexity index is 1010. The van der Waals surface area contributed by atoms with Gasteiger partial charge in [-0.25, -0.2) is 16.7 Å². The third-order valence-electron chi connectivity index (χ3n) is 3.16. The molecule has 0 aliphatic carbocycles. The minimum Gasteiger partial charge on any atom is -0.350 e. The molecule has 22 heteroatoms. The van der Waals surface area contributed by atoms with E-state index in [4.69, 9.17) is 27.7 Å². The Hall–Kier alpha value is -0.600. The van der Waals surface area contributed by atoms with E-state index in [1.54, 1.807) is 6.92 Å². The zero-order valence-electron chi connectivity index (χ0n) is 15.1. The summed E-state index contributed by atoms with van der Waals surface area (Å²) in [6, 6.07) is 0. The molecule has 1 heterocycles. The van der Waals surface area contributed by atoms with E-state index in [2.05, 4.69) is 16.7 Å². The van der Waals surface area contributed by atoms with Gasteiger partial charge in [0.2, 0.25) is 0 Å². The Morgan fingerprint density at radius 1 is 0.710 bits per heavy atom. The van der Waals surface area contributed by atoms with Crippen LogP contribution in [0.5, 0.6) is 0 Å². The summed E-state index contributed by atoms with van der Waals surface area (Å²) in [5.74, 6) is 0. The SMILES string of the molecule is CCCO[C@H]1O[C@H](COS(=O)(=O)O)[C@@H](OS(=O)(=O)O)[C@H](OS(=O)(=O)O)[C@@H]1OS(=O)(=O)O. The fourth-order valence-corrected chi connectivity index (χ4v) is 4.08. The molecule has 1 fully saturated rings. The van der Waals surface area contributed by atoms with Crippen LogP contribution < -0.4 is 0 Å². The van der Waals surface area contributed by atoms with E-state index in [1.807, 2.05) is 0 Å². The van der Waals surface area contributed by atoms with Crippen LogP contribution in [0.4, 0.5) is 0 Å². The Kier molecular flexibility index (Phi) is 9.68. The normalized spacial score (nSPS) is 28.5. The minimum atomic E-state index is -5.54. The van der Waals surface area contributed by atoms with Gasteiger partial charge < -0.3 is 9.47 Å². The first-order chi connectivity index (χ1) is 13.8. The lowest BCUT2D eigenvalue weighted by Gasteiger charge is -2.43. The maximum Gasteiger partial charge on any atom is 0.397 e. The molecule has 4 N–H and O–H groups in total. The lowest BCUT2D eigenvalue weighted by Crippen LogP contribution is -2.63. The van der Waals surface area contributed by atoms with Gasteiger partial charge in [0.1, 0.15) is 18.3 Å². The third kappa shape index (κ3) is 11.2. The third-order valence-corrected chi connectivity index (χ3v) is 4.99. The molecule has 186 valence electrons. The van der Waals surface area contributed by atoms with Gasteiger partial charge in [-0.3, -0.25) is 18.2 Å². The molecule has 18 nitrogen and oxygen atoms in total. The van der Waals surface area contributed by atoms with E-state index in [0.717, 1.165) is 0 Å². The van der Waals surface area contributed by atoms with Crippen molar-refractivity contribution in [3.63, 3.8) is 0 Å². The summed E-state index contributed by atoms with van der Waals surface area (Å²) < 4.78 is 151. The molecule has 1 saturated heterocycles. The summed E-state index contributed by atoms with van der Waals surface area (Å²) in [7, 11) is -21.7. The van der Waals surface area contributed by atoms with Crippen molar-refractivity contribution < 1.29 is 78.1 Å². The summed E-state index contributed by atoms with van der Waals surface area (Å²) in [6.45, 7) is -0.0178. The van der Waals surface area contributed by atoms with E-state index in [0.29, 0.717) is 0 Å².